The lowest BCUT2D eigenvalue weighted by molar-refractivity contribution is -0.136. The van der Waals surface area contributed by atoms with Crippen molar-refractivity contribution in [3.05, 3.63) is 71.8 Å². The largest absolute Gasteiger partial charge is 0.339 e. The van der Waals surface area contributed by atoms with Crippen LogP contribution in [0.3, 0.4) is 0 Å². The Kier molecular flexibility index (Phi) is 7.97. The molecule has 0 aliphatic heterocycles. The Balaban J connectivity index is 1.42. The fourth-order valence-electron chi connectivity index (χ4n) is 6.01. The summed E-state index contributed by atoms with van der Waals surface area (Å²) in [5.41, 5.74) is 8.63. The average Bonchev–Trinajstić information content (AvgIpc) is 3.40. The summed E-state index contributed by atoms with van der Waals surface area (Å²) in [5.74, 6) is 0.370. The third kappa shape index (κ3) is 5.38. The van der Waals surface area contributed by atoms with Gasteiger partial charge < -0.3 is 10.6 Å². The summed E-state index contributed by atoms with van der Waals surface area (Å²) in [5, 5.41) is 0. The molecule has 2 saturated carbocycles. The molecule has 2 aromatic rings. The number of carbonyl (C=O) groups excluding carboxylic acids is 2. The molecular formula is C29H38N2O2. The molecule has 0 aromatic heterocycles. The summed E-state index contributed by atoms with van der Waals surface area (Å²) in [7, 11) is 0. The minimum absolute atomic E-state index is 0.0195. The molecule has 2 N–H and O–H groups in total. The van der Waals surface area contributed by atoms with E-state index in [1.165, 1.54) is 12.8 Å². The number of hydrogen-bond donors (Lipinski definition) is 1. The highest BCUT2D eigenvalue weighted by Gasteiger charge is 2.37. The second kappa shape index (κ2) is 11.1. The molecule has 4 rings (SSSR count). The maximum atomic E-state index is 13.7. The van der Waals surface area contributed by atoms with Crippen molar-refractivity contribution in [1.29, 1.82) is 0 Å². The highest BCUT2D eigenvalue weighted by molar-refractivity contribution is 5.91. The first kappa shape index (κ1) is 23.7. The van der Waals surface area contributed by atoms with E-state index in [1.54, 1.807) is 0 Å². The summed E-state index contributed by atoms with van der Waals surface area (Å²) in [6.45, 7) is 2.80. The molecule has 0 radical (unpaired) electrons. The van der Waals surface area contributed by atoms with Crippen LogP contribution in [0.2, 0.25) is 0 Å². The van der Waals surface area contributed by atoms with Gasteiger partial charge in [-0.15, -0.1) is 0 Å². The average molecular weight is 447 g/mol. The number of Topliss-reactive ketones (excluding diaryl/α,β-unsaturated/α-hetero) is 1. The van der Waals surface area contributed by atoms with E-state index >= 15 is 0 Å². The molecule has 0 heterocycles. The van der Waals surface area contributed by atoms with Crippen LogP contribution in [0.25, 0.3) is 0 Å². The highest BCUT2D eigenvalue weighted by atomic mass is 16.2. The number of hydrogen-bond acceptors (Lipinski definition) is 3. The van der Waals surface area contributed by atoms with Gasteiger partial charge in [0.05, 0.1) is 12.0 Å². The predicted octanol–water partition coefficient (Wildman–Crippen LogP) is 5.31. The van der Waals surface area contributed by atoms with Gasteiger partial charge in [0.2, 0.25) is 5.91 Å². The minimum atomic E-state index is -0.444. The van der Waals surface area contributed by atoms with Crippen LogP contribution in [0.5, 0.6) is 0 Å². The van der Waals surface area contributed by atoms with Crippen LogP contribution in [0.15, 0.2) is 60.7 Å². The zero-order valence-electron chi connectivity index (χ0n) is 19.9. The smallest absolute Gasteiger partial charge is 0.240 e. The Morgan fingerprint density at radius 1 is 0.848 bits per heavy atom. The summed E-state index contributed by atoms with van der Waals surface area (Å²) < 4.78 is 0. The van der Waals surface area contributed by atoms with E-state index in [0.29, 0.717) is 11.8 Å². The molecule has 0 saturated heterocycles. The van der Waals surface area contributed by atoms with Gasteiger partial charge in [0.1, 0.15) is 5.78 Å². The van der Waals surface area contributed by atoms with Crippen molar-refractivity contribution in [3.63, 3.8) is 0 Å². The predicted molar refractivity (Wildman–Crippen MR) is 133 cm³/mol. The molecule has 33 heavy (non-hydrogen) atoms. The van der Waals surface area contributed by atoms with Gasteiger partial charge in [-0.1, -0.05) is 73.5 Å². The first-order valence-corrected chi connectivity index (χ1v) is 12.8. The number of ketones is 1. The minimum Gasteiger partial charge on any atom is -0.339 e. The van der Waals surface area contributed by atoms with Gasteiger partial charge in [0, 0.05) is 18.5 Å². The Morgan fingerprint density at radius 3 is 1.85 bits per heavy atom. The summed E-state index contributed by atoms with van der Waals surface area (Å²) in [6.07, 6.45) is 7.96. The third-order valence-electron chi connectivity index (χ3n) is 7.91. The summed E-state index contributed by atoms with van der Waals surface area (Å²) >= 11 is 0. The molecule has 0 spiro atoms. The number of nitrogens with two attached hydrogens (primary N) is 1. The van der Waals surface area contributed by atoms with Crippen molar-refractivity contribution < 1.29 is 9.59 Å². The normalized spacial score (nSPS) is 22.3. The van der Waals surface area contributed by atoms with Crippen LogP contribution < -0.4 is 5.73 Å². The Morgan fingerprint density at radius 2 is 1.36 bits per heavy atom. The molecule has 176 valence electrons. The topological polar surface area (TPSA) is 63.4 Å². The monoisotopic (exact) mass is 446 g/mol. The molecular weight excluding hydrogens is 408 g/mol. The number of amides is 1. The SMILES string of the molecule is CCN(C(=O)C(N)C1CCC(C(=O)C(c2ccccc2)c2ccccc2)CC1)C1CCCC1. The van der Waals surface area contributed by atoms with Crippen molar-refractivity contribution >= 4 is 11.7 Å². The zero-order valence-corrected chi connectivity index (χ0v) is 19.9. The quantitative estimate of drug-likeness (QED) is 0.597. The van der Waals surface area contributed by atoms with Gasteiger partial charge in [-0.2, -0.15) is 0 Å². The van der Waals surface area contributed by atoms with Crippen LogP contribution in [0.4, 0.5) is 0 Å². The lowest BCUT2D eigenvalue weighted by Crippen LogP contribution is -2.51. The lowest BCUT2D eigenvalue weighted by Gasteiger charge is -2.36. The number of benzene rings is 2. The highest BCUT2D eigenvalue weighted by Crippen LogP contribution is 2.37. The zero-order chi connectivity index (χ0) is 23.2. The van der Waals surface area contributed by atoms with E-state index in [9.17, 15) is 9.59 Å². The van der Waals surface area contributed by atoms with Crippen LogP contribution in [-0.2, 0) is 9.59 Å². The molecule has 1 unspecified atom stereocenters. The van der Waals surface area contributed by atoms with Crippen LogP contribution in [-0.4, -0.2) is 35.2 Å². The van der Waals surface area contributed by atoms with Gasteiger partial charge in [-0.05, 0) is 62.5 Å². The molecule has 2 aromatic carbocycles. The lowest BCUT2D eigenvalue weighted by atomic mass is 9.72. The third-order valence-corrected chi connectivity index (χ3v) is 7.91. The van der Waals surface area contributed by atoms with Gasteiger partial charge >= 0.3 is 0 Å². The fraction of sp³-hybridized carbons (Fsp3) is 0.517. The molecule has 1 atom stereocenters. The van der Waals surface area contributed by atoms with Crippen molar-refractivity contribution in [2.45, 2.75) is 76.3 Å². The first-order valence-electron chi connectivity index (χ1n) is 12.8. The van der Waals surface area contributed by atoms with Crippen LogP contribution in [0.1, 0.15) is 75.3 Å². The van der Waals surface area contributed by atoms with E-state index in [4.69, 9.17) is 5.73 Å². The van der Waals surface area contributed by atoms with Crippen molar-refractivity contribution in [1.82, 2.24) is 4.90 Å². The molecule has 2 fully saturated rings. The number of carbonyl (C=O) groups is 2. The summed E-state index contributed by atoms with van der Waals surface area (Å²) in [4.78, 5) is 28.9. The number of likely N-dealkylation sites (N-methyl/N-ethyl adjacent to an activating group) is 1. The van der Waals surface area contributed by atoms with E-state index in [0.717, 1.165) is 56.2 Å². The number of rotatable bonds is 8. The molecule has 0 bridgehead atoms. The van der Waals surface area contributed by atoms with Gasteiger partial charge in [-0.25, -0.2) is 0 Å². The molecule has 4 heteroatoms. The fourth-order valence-corrected chi connectivity index (χ4v) is 6.01. The molecule has 2 aliphatic rings. The maximum Gasteiger partial charge on any atom is 0.240 e. The second-order valence-electron chi connectivity index (χ2n) is 9.86. The molecule has 2 aliphatic carbocycles. The van der Waals surface area contributed by atoms with Crippen molar-refractivity contribution in [2.24, 2.45) is 17.6 Å². The van der Waals surface area contributed by atoms with E-state index in [2.05, 4.69) is 31.2 Å². The van der Waals surface area contributed by atoms with Gasteiger partial charge in [0.15, 0.2) is 0 Å². The first-order chi connectivity index (χ1) is 16.1. The standard InChI is InChI=1S/C29H38N2O2/c1-2-31(25-15-9-10-16-25)29(33)27(30)23-17-19-24(20-18-23)28(32)26(21-11-5-3-6-12-21)22-13-7-4-8-14-22/h3-8,11-14,23-27H,2,9-10,15-20,30H2,1H3. The second-order valence-corrected chi connectivity index (χ2v) is 9.86. The Bertz CT molecular complexity index is 860. The van der Waals surface area contributed by atoms with E-state index in [-0.39, 0.29) is 23.7 Å². The maximum absolute atomic E-state index is 13.7. The Labute approximate surface area is 198 Å². The van der Waals surface area contributed by atoms with Crippen LogP contribution in [0, 0.1) is 11.8 Å². The van der Waals surface area contributed by atoms with Crippen LogP contribution >= 0.6 is 0 Å². The van der Waals surface area contributed by atoms with Crippen molar-refractivity contribution in [2.75, 3.05) is 6.54 Å². The Hall–Kier alpha value is -2.46. The van der Waals surface area contributed by atoms with Gasteiger partial charge in [0.25, 0.3) is 0 Å². The summed E-state index contributed by atoms with van der Waals surface area (Å²) in [6, 6.07) is 20.1. The molecule has 4 nitrogen and oxygen atoms in total. The van der Waals surface area contributed by atoms with E-state index < -0.39 is 6.04 Å². The number of nitrogens with zero attached hydrogens (tertiary/aromatic N) is 1. The van der Waals surface area contributed by atoms with Crippen molar-refractivity contribution in [3.8, 4) is 0 Å². The molecule has 1 amide bonds. The van der Waals surface area contributed by atoms with E-state index in [1.807, 2.05) is 41.3 Å². The van der Waals surface area contributed by atoms with Gasteiger partial charge in [-0.3, -0.25) is 9.59 Å².